The number of morpholine rings is 1. The highest BCUT2D eigenvalue weighted by Crippen LogP contribution is 2.27. The molecule has 160 valence electrons. The van der Waals surface area contributed by atoms with Crippen LogP contribution in [0.15, 0.2) is 53.4 Å². The van der Waals surface area contributed by atoms with Gasteiger partial charge in [0, 0.05) is 38.9 Å². The van der Waals surface area contributed by atoms with Crippen LogP contribution in [-0.4, -0.2) is 59.0 Å². The molecule has 1 heterocycles. The van der Waals surface area contributed by atoms with Crippen molar-refractivity contribution in [3.8, 4) is 0 Å². The lowest BCUT2D eigenvalue weighted by molar-refractivity contribution is -0.111. The minimum atomic E-state index is -3.53. The Kier molecular flexibility index (Phi) is 7.14. The molecule has 1 fully saturated rings. The summed E-state index contributed by atoms with van der Waals surface area (Å²) in [6.07, 6.45) is 3.01. The van der Waals surface area contributed by atoms with Gasteiger partial charge in [-0.3, -0.25) is 4.79 Å². The lowest BCUT2D eigenvalue weighted by Crippen LogP contribution is -2.40. The van der Waals surface area contributed by atoms with Crippen LogP contribution in [-0.2, 0) is 19.6 Å². The molecule has 3 rings (SSSR count). The van der Waals surface area contributed by atoms with Crippen molar-refractivity contribution in [2.45, 2.75) is 4.90 Å². The van der Waals surface area contributed by atoms with Crippen molar-refractivity contribution < 1.29 is 17.9 Å². The van der Waals surface area contributed by atoms with Crippen LogP contribution in [0, 0.1) is 0 Å². The van der Waals surface area contributed by atoms with Crippen molar-refractivity contribution in [3.63, 3.8) is 0 Å². The third-order valence-corrected chi connectivity index (χ3v) is 6.83. The zero-order valence-electron chi connectivity index (χ0n) is 16.8. The highest BCUT2D eigenvalue weighted by Gasteiger charge is 2.25. The molecule has 9 heteroatoms. The molecule has 0 atom stereocenters. The second kappa shape index (κ2) is 9.61. The van der Waals surface area contributed by atoms with Crippen LogP contribution >= 0.6 is 11.6 Å². The number of carbonyl (C=O) groups is 1. The minimum absolute atomic E-state index is 0.224. The normalized spacial score (nSPS) is 15.3. The van der Waals surface area contributed by atoms with Gasteiger partial charge in [-0.1, -0.05) is 23.7 Å². The van der Waals surface area contributed by atoms with Crippen molar-refractivity contribution in [1.29, 1.82) is 0 Å². The molecule has 0 aromatic heterocycles. The van der Waals surface area contributed by atoms with Crippen LogP contribution in [0.3, 0.4) is 0 Å². The maximum atomic E-state index is 12.6. The Hall–Kier alpha value is -2.39. The number of amides is 1. The molecule has 7 nitrogen and oxygen atoms in total. The molecule has 0 unspecified atom stereocenters. The van der Waals surface area contributed by atoms with E-state index in [0.29, 0.717) is 42.6 Å². The first-order valence-corrected chi connectivity index (χ1v) is 11.2. The molecule has 1 N–H and O–H groups in total. The molecular weight excluding hydrogens is 426 g/mol. The fraction of sp³-hybridized carbons (Fsp3) is 0.286. The molecule has 0 saturated carbocycles. The number of hydrogen-bond acceptors (Lipinski definition) is 5. The maximum Gasteiger partial charge on any atom is 0.248 e. The average Bonchev–Trinajstić information content (AvgIpc) is 2.73. The quantitative estimate of drug-likeness (QED) is 0.685. The zero-order chi connectivity index (χ0) is 21.7. The molecule has 0 bridgehead atoms. The van der Waals surface area contributed by atoms with Gasteiger partial charge in [0.05, 0.1) is 28.8 Å². The summed E-state index contributed by atoms with van der Waals surface area (Å²) >= 11 is 6.22. The number of anilines is 2. The number of nitrogens with one attached hydrogen (secondary N) is 1. The molecule has 2 aromatic rings. The van der Waals surface area contributed by atoms with Crippen LogP contribution in [0.25, 0.3) is 6.08 Å². The van der Waals surface area contributed by atoms with Gasteiger partial charge < -0.3 is 15.0 Å². The van der Waals surface area contributed by atoms with Crippen molar-refractivity contribution in [1.82, 2.24) is 4.31 Å². The third kappa shape index (κ3) is 5.40. The number of ether oxygens (including phenoxy) is 1. The SMILES string of the molecule is CN(C)c1ccc(NC(=O)/C=C/c2ccc(S(=O)(=O)N3CCOCC3)cc2)cc1Cl. The number of hydrogen-bond donors (Lipinski definition) is 1. The van der Waals surface area contributed by atoms with Gasteiger partial charge in [-0.05, 0) is 42.0 Å². The number of rotatable bonds is 6. The van der Waals surface area contributed by atoms with Crippen molar-refractivity contribution in [2.24, 2.45) is 0 Å². The molecule has 1 amide bonds. The third-order valence-electron chi connectivity index (χ3n) is 4.61. The van der Waals surface area contributed by atoms with Gasteiger partial charge in [0.1, 0.15) is 0 Å². The Labute approximate surface area is 181 Å². The fourth-order valence-electron chi connectivity index (χ4n) is 2.99. The van der Waals surface area contributed by atoms with Gasteiger partial charge >= 0.3 is 0 Å². The van der Waals surface area contributed by atoms with Crippen molar-refractivity contribution in [2.75, 3.05) is 50.6 Å². The Morgan fingerprint density at radius 1 is 1.13 bits per heavy atom. The average molecular weight is 450 g/mol. The van der Waals surface area contributed by atoms with E-state index < -0.39 is 10.0 Å². The first-order chi connectivity index (χ1) is 14.3. The van der Waals surface area contributed by atoms with Gasteiger partial charge in [0.2, 0.25) is 15.9 Å². The summed E-state index contributed by atoms with van der Waals surface area (Å²) in [5.41, 5.74) is 2.16. The van der Waals surface area contributed by atoms with E-state index in [0.717, 1.165) is 5.69 Å². The summed E-state index contributed by atoms with van der Waals surface area (Å²) < 4.78 is 31.9. The molecule has 1 saturated heterocycles. The molecule has 30 heavy (non-hydrogen) atoms. The second-order valence-corrected chi connectivity index (χ2v) is 9.31. The number of benzene rings is 2. The predicted molar refractivity (Wildman–Crippen MR) is 119 cm³/mol. The van der Waals surface area contributed by atoms with E-state index in [1.807, 2.05) is 25.1 Å². The molecule has 0 spiro atoms. The molecule has 0 aliphatic carbocycles. The van der Waals surface area contributed by atoms with Gasteiger partial charge in [0.15, 0.2) is 0 Å². The second-order valence-electron chi connectivity index (χ2n) is 6.97. The van der Waals surface area contributed by atoms with Gasteiger partial charge in [-0.25, -0.2) is 8.42 Å². The molecule has 0 radical (unpaired) electrons. The van der Waals surface area contributed by atoms with E-state index in [1.54, 1.807) is 42.5 Å². The Morgan fingerprint density at radius 2 is 1.80 bits per heavy atom. The minimum Gasteiger partial charge on any atom is -0.379 e. The first kappa shape index (κ1) is 22.3. The summed E-state index contributed by atoms with van der Waals surface area (Å²) in [6, 6.07) is 11.7. The van der Waals surface area contributed by atoms with Crippen LogP contribution in [0.4, 0.5) is 11.4 Å². The van der Waals surface area contributed by atoms with E-state index in [-0.39, 0.29) is 10.8 Å². The smallest absolute Gasteiger partial charge is 0.248 e. The highest BCUT2D eigenvalue weighted by molar-refractivity contribution is 7.89. The Bertz CT molecular complexity index is 1030. The molecule has 2 aromatic carbocycles. The van der Waals surface area contributed by atoms with Crippen molar-refractivity contribution >= 4 is 45.0 Å². The summed E-state index contributed by atoms with van der Waals surface area (Å²) in [5.74, 6) is -0.311. The monoisotopic (exact) mass is 449 g/mol. The number of nitrogens with zero attached hydrogens (tertiary/aromatic N) is 2. The topological polar surface area (TPSA) is 79.0 Å². The van der Waals surface area contributed by atoms with E-state index in [4.69, 9.17) is 16.3 Å². The Morgan fingerprint density at radius 3 is 2.40 bits per heavy atom. The predicted octanol–water partition coefficient (Wildman–Crippen LogP) is 3.08. The largest absolute Gasteiger partial charge is 0.379 e. The lowest BCUT2D eigenvalue weighted by Gasteiger charge is -2.26. The lowest BCUT2D eigenvalue weighted by atomic mass is 10.2. The van der Waals surface area contributed by atoms with Gasteiger partial charge in [-0.15, -0.1) is 0 Å². The molecule has 1 aliphatic heterocycles. The van der Waals surface area contributed by atoms with Crippen LogP contribution in [0.2, 0.25) is 5.02 Å². The highest BCUT2D eigenvalue weighted by atomic mass is 35.5. The number of sulfonamides is 1. The van der Waals surface area contributed by atoms with E-state index >= 15 is 0 Å². The van der Waals surface area contributed by atoms with E-state index in [1.165, 1.54) is 10.4 Å². The number of halogens is 1. The summed E-state index contributed by atoms with van der Waals surface area (Å²) in [5, 5.41) is 3.30. The van der Waals surface area contributed by atoms with Crippen molar-refractivity contribution in [3.05, 3.63) is 59.1 Å². The first-order valence-electron chi connectivity index (χ1n) is 9.41. The fourth-order valence-corrected chi connectivity index (χ4v) is 4.75. The summed E-state index contributed by atoms with van der Waals surface area (Å²) in [4.78, 5) is 14.3. The molecular formula is C21H24ClN3O4S. The Balaban J connectivity index is 1.63. The van der Waals surface area contributed by atoms with E-state index in [2.05, 4.69) is 5.32 Å². The summed E-state index contributed by atoms with van der Waals surface area (Å²) in [6.45, 7) is 1.50. The molecule has 1 aliphatic rings. The zero-order valence-corrected chi connectivity index (χ0v) is 18.4. The van der Waals surface area contributed by atoms with Crippen LogP contribution in [0.5, 0.6) is 0 Å². The maximum absolute atomic E-state index is 12.6. The summed E-state index contributed by atoms with van der Waals surface area (Å²) in [7, 11) is 0.247. The van der Waals surface area contributed by atoms with Crippen LogP contribution in [0.1, 0.15) is 5.56 Å². The van der Waals surface area contributed by atoms with Gasteiger partial charge in [0.25, 0.3) is 0 Å². The van der Waals surface area contributed by atoms with E-state index in [9.17, 15) is 13.2 Å². The number of carbonyl (C=O) groups excluding carboxylic acids is 1. The van der Waals surface area contributed by atoms with Crippen LogP contribution < -0.4 is 10.2 Å². The standard InChI is InChI=1S/C21H24ClN3O4S/c1-24(2)20-9-6-17(15-19(20)22)23-21(26)10-5-16-3-7-18(8-4-16)30(27,28)25-11-13-29-14-12-25/h3-10,15H,11-14H2,1-2H3,(H,23,26)/b10-5+. The van der Waals surface area contributed by atoms with Gasteiger partial charge in [-0.2, -0.15) is 4.31 Å².